The number of benzene rings is 1. The Bertz CT molecular complexity index is 1480. The number of phosphoric acid groups is 1. The number of ketones is 2. The van der Waals surface area contributed by atoms with Crippen molar-refractivity contribution in [3.8, 4) is 5.75 Å². The third-order valence-electron chi connectivity index (χ3n) is 8.58. The van der Waals surface area contributed by atoms with Crippen LogP contribution in [0.5, 0.6) is 5.75 Å². The van der Waals surface area contributed by atoms with E-state index in [2.05, 4.69) is 5.32 Å². The van der Waals surface area contributed by atoms with E-state index in [9.17, 15) is 38.3 Å². The molecule has 0 spiro atoms. The van der Waals surface area contributed by atoms with Gasteiger partial charge in [-0.1, -0.05) is 58.6 Å². The number of rotatable bonds is 25. The molecule has 1 heterocycles. The molecule has 0 saturated carbocycles. The van der Waals surface area contributed by atoms with Crippen molar-refractivity contribution in [1.29, 1.82) is 0 Å². The van der Waals surface area contributed by atoms with Crippen LogP contribution in [-0.4, -0.2) is 57.4 Å². The van der Waals surface area contributed by atoms with Gasteiger partial charge in [0, 0.05) is 38.1 Å². The van der Waals surface area contributed by atoms with Gasteiger partial charge in [-0.2, -0.15) is 0 Å². The number of amides is 2. The van der Waals surface area contributed by atoms with E-state index in [1.807, 2.05) is 20.8 Å². The summed E-state index contributed by atoms with van der Waals surface area (Å²) in [5, 5.41) is 2.92. The fourth-order valence-electron chi connectivity index (χ4n) is 5.35. The predicted molar refractivity (Wildman–Crippen MR) is 184 cm³/mol. The Morgan fingerprint density at radius 2 is 1.66 bits per heavy atom. The summed E-state index contributed by atoms with van der Waals surface area (Å²) in [5.74, 6) is -1.91. The van der Waals surface area contributed by atoms with Crippen molar-refractivity contribution in [2.75, 3.05) is 13.3 Å². The summed E-state index contributed by atoms with van der Waals surface area (Å²) in [4.78, 5) is 83.7. The van der Waals surface area contributed by atoms with Crippen LogP contribution in [-0.2, 0) is 41.3 Å². The molecule has 15 heteroatoms. The van der Waals surface area contributed by atoms with Crippen molar-refractivity contribution < 1.29 is 51.6 Å². The van der Waals surface area contributed by atoms with E-state index in [1.54, 1.807) is 31.2 Å². The van der Waals surface area contributed by atoms with E-state index >= 15 is 0 Å². The SMILES string of the molecule is CCCCCC(=O)N(COP(=O)(O)O)C(Cc1ccc(OCc2oc(=O)oc2C)cc1)C(=O)CC(C(=O)NCCCCCC(C)=O)C(C)CC. The highest BCUT2D eigenvalue weighted by Crippen LogP contribution is 2.36. The molecular weight excluding hydrogens is 671 g/mol. The fraction of sp³-hybridized carbons (Fsp3) is 0.629. The van der Waals surface area contributed by atoms with Crippen LogP contribution in [0, 0.1) is 18.8 Å². The first-order valence-corrected chi connectivity index (χ1v) is 18.8. The fourth-order valence-corrected chi connectivity index (χ4v) is 5.62. The molecule has 1 aromatic heterocycles. The van der Waals surface area contributed by atoms with Gasteiger partial charge in [-0.15, -0.1) is 0 Å². The maximum atomic E-state index is 14.2. The average molecular weight is 725 g/mol. The summed E-state index contributed by atoms with van der Waals surface area (Å²) < 4.78 is 32.0. The molecule has 50 heavy (non-hydrogen) atoms. The zero-order valence-corrected chi connectivity index (χ0v) is 30.7. The highest BCUT2D eigenvalue weighted by Gasteiger charge is 2.35. The Morgan fingerprint density at radius 3 is 2.24 bits per heavy atom. The van der Waals surface area contributed by atoms with Gasteiger partial charge in [-0.05, 0) is 56.7 Å². The standard InChI is InChI=1S/C35H53N2O12P/c1-6-8-10-14-33(40)37(23-47-50(43,44)45)30(20-27-15-17-28(18-16-27)46-22-32-26(5)48-35(42)49-32)31(39)21-29(24(3)7-2)34(41)36-19-12-9-11-13-25(4)38/h15-18,24,29-30H,6-14,19-23H2,1-5H3,(H,36,41)(H2,43,44,45). The highest BCUT2D eigenvalue weighted by atomic mass is 31.2. The number of aryl methyl sites for hydroxylation is 1. The zero-order chi connectivity index (χ0) is 37.3. The maximum absolute atomic E-state index is 14.2. The van der Waals surface area contributed by atoms with Crippen LogP contribution in [0.25, 0.3) is 0 Å². The van der Waals surface area contributed by atoms with Crippen LogP contribution in [0.1, 0.15) is 109 Å². The number of unbranched alkanes of at least 4 members (excludes halogenated alkanes) is 4. The number of Topliss-reactive ketones (excluding diaryl/α,β-unsaturated/α-hetero) is 2. The first-order valence-electron chi connectivity index (χ1n) is 17.3. The second-order valence-electron chi connectivity index (χ2n) is 12.6. The monoisotopic (exact) mass is 724 g/mol. The molecule has 0 aliphatic carbocycles. The topological polar surface area (TPSA) is 203 Å². The molecule has 0 saturated heterocycles. The Balaban J connectivity index is 2.33. The van der Waals surface area contributed by atoms with Crippen molar-refractivity contribution in [3.63, 3.8) is 0 Å². The number of nitrogens with zero attached hydrogens (tertiary/aromatic N) is 1. The number of ether oxygens (including phenoxy) is 1. The van der Waals surface area contributed by atoms with Gasteiger partial charge in [0.1, 0.15) is 24.9 Å². The molecule has 0 fully saturated rings. The predicted octanol–water partition coefficient (Wildman–Crippen LogP) is 5.39. The van der Waals surface area contributed by atoms with Gasteiger partial charge in [0.2, 0.25) is 11.8 Å². The summed E-state index contributed by atoms with van der Waals surface area (Å²) in [6.45, 7) is 8.38. The van der Waals surface area contributed by atoms with Crippen LogP contribution in [0.15, 0.2) is 37.9 Å². The first-order chi connectivity index (χ1) is 23.6. The minimum Gasteiger partial charge on any atom is -0.486 e. The van der Waals surface area contributed by atoms with Crippen LogP contribution in [0.2, 0.25) is 0 Å². The van der Waals surface area contributed by atoms with E-state index in [1.165, 1.54) is 6.92 Å². The Labute approximate surface area is 293 Å². The van der Waals surface area contributed by atoms with E-state index in [4.69, 9.17) is 18.1 Å². The minimum absolute atomic E-state index is 0.0240. The van der Waals surface area contributed by atoms with Crippen molar-refractivity contribution in [2.45, 2.75) is 118 Å². The average Bonchev–Trinajstić information content (AvgIpc) is 3.39. The van der Waals surface area contributed by atoms with Crippen LogP contribution < -0.4 is 15.9 Å². The van der Waals surface area contributed by atoms with Crippen molar-refractivity contribution in [1.82, 2.24) is 10.2 Å². The number of hydrogen-bond acceptors (Lipinski definition) is 10. The third-order valence-corrected chi connectivity index (χ3v) is 9.03. The van der Waals surface area contributed by atoms with Gasteiger partial charge < -0.3 is 38.4 Å². The van der Waals surface area contributed by atoms with Gasteiger partial charge in [0.15, 0.2) is 17.3 Å². The maximum Gasteiger partial charge on any atom is 0.519 e. The number of carbonyl (C=O) groups excluding carboxylic acids is 4. The van der Waals surface area contributed by atoms with Crippen LogP contribution >= 0.6 is 7.82 Å². The lowest BCUT2D eigenvalue weighted by atomic mass is 9.84. The number of carbonyl (C=O) groups is 4. The molecule has 3 unspecified atom stereocenters. The van der Waals surface area contributed by atoms with Crippen molar-refractivity contribution in [3.05, 3.63) is 52.0 Å². The molecular formula is C35H53N2O12P. The van der Waals surface area contributed by atoms with Crippen LogP contribution in [0.3, 0.4) is 0 Å². The molecule has 0 aliphatic heterocycles. The van der Waals surface area contributed by atoms with E-state index in [0.717, 1.165) is 30.6 Å². The summed E-state index contributed by atoms with van der Waals surface area (Å²) >= 11 is 0. The summed E-state index contributed by atoms with van der Waals surface area (Å²) in [6, 6.07) is 5.44. The molecule has 14 nitrogen and oxygen atoms in total. The molecule has 2 aromatic rings. The molecule has 1 aromatic carbocycles. The largest absolute Gasteiger partial charge is 0.519 e. The number of nitrogens with one attached hydrogen (secondary N) is 1. The Morgan fingerprint density at radius 1 is 0.980 bits per heavy atom. The minimum atomic E-state index is -5.01. The molecule has 2 rings (SSSR count). The second kappa shape index (κ2) is 21.6. The van der Waals surface area contributed by atoms with Crippen molar-refractivity contribution >= 4 is 31.2 Å². The molecule has 2 amide bonds. The molecule has 0 radical (unpaired) electrons. The quantitative estimate of drug-likeness (QED) is 0.0670. The van der Waals surface area contributed by atoms with E-state index in [-0.39, 0.29) is 49.2 Å². The number of hydrogen-bond donors (Lipinski definition) is 3. The molecule has 0 aliphatic rings. The smallest absolute Gasteiger partial charge is 0.486 e. The van der Waals surface area contributed by atoms with E-state index in [0.29, 0.717) is 49.3 Å². The molecule has 0 bridgehead atoms. The summed E-state index contributed by atoms with van der Waals surface area (Å²) in [6.07, 6.45) is 5.16. The lowest BCUT2D eigenvalue weighted by Crippen LogP contribution is -2.49. The summed E-state index contributed by atoms with van der Waals surface area (Å²) in [5.41, 5.74) is 0.611. The zero-order valence-electron chi connectivity index (χ0n) is 29.8. The van der Waals surface area contributed by atoms with Crippen LogP contribution in [0.4, 0.5) is 0 Å². The van der Waals surface area contributed by atoms with E-state index < -0.39 is 44.0 Å². The molecule has 3 atom stereocenters. The second-order valence-corrected chi connectivity index (χ2v) is 13.9. The van der Waals surface area contributed by atoms with Crippen molar-refractivity contribution in [2.24, 2.45) is 11.8 Å². The van der Waals surface area contributed by atoms with Gasteiger partial charge in [0.25, 0.3) is 0 Å². The Hall–Kier alpha value is -3.58. The lowest BCUT2D eigenvalue weighted by molar-refractivity contribution is -0.144. The van der Waals surface area contributed by atoms with Gasteiger partial charge in [0.05, 0.1) is 6.04 Å². The lowest BCUT2D eigenvalue weighted by Gasteiger charge is -2.32. The van der Waals surface area contributed by atoms with Gasteiger partial charge in [-0.25, -0.2) is 9.36 Å². The Kier molecular flexibility index (Phi) is 18.4. The van der Waals surface area contributed by atoms with Gasteiger partial charge in [-0.3, -0.25) is 18.9 Å². The number of phosphoric ester groups is 1. The molecule has 280 valence electrons. The van der Waals surface area contributed by atoms with Gasteiger partial charge >= 0.3 is 13.6 Å². The molecule has 3 N–H and O–H groups in total. The summed E-state index contributed by atoms with van der Waals surface area (Å²) in [7, 11) is -5.01. The third kappa shape index (κ3) is 15.5. The normalized spacial score (nSPS) is 13.3. The first kappa shape index (κ1) is 42.6. The highest BCUT2D eigenvalue weighted by molar-refractivity contribution is 7.46.